The molecule has 1 aromatic heterocycles. The van der Waals surface area contributed by atoms with Crippen LogP contribution in [0.2, 0.25) is 0 Å². The van der Waals surface area contributed by atoms with E-state index in [4.69, 9.17) is 4.74 Å². The van der Waals surface area contributed by atoms with Crippen LogP contribution in [0, 0.1) is 11.8 Å². The fourth-order valence-electron chi connectivity index (χ4n) is 3.78. The molecular weight excluding hydrogens is 280 g/mol. The van der Waals surface area contributed by atoms with Crippen molar-refractivity contribution in [1.82, 2.24) is 19.6 Å². The highest BCUT2D eigenvalue weighted by Gasteiger charge is 2.42. The topological polar surface area (TPSA) is 50.6 Å². The van der Waals surface area contributed by atoms with E-state index in [9.17, 15) is 4.79 Å². The highest BCUT2D eigenvalue weighted by atomic mass is 16.5. The third kappa shape index (κ3) is 3.17. The Labute approximate surface area is 132 Å². The fourth-order valence-corrected chi connectivity index (χ4v) is 3.78. The summed E-state index contributed by atoms with van der Waals surface area (Å²) < 4.78 is 7.77. The van der Waals surface area contributed by atoms with Crippen molar-refractivity contribution < 1.29 is 9.53 Å². The van der Waals surface area contributed by atoms with Crippen LogP contribution >= 0.6 is 0 Å². The summed E-state index contributed by atoms with van der Waals surface area (Å²) in [4.78, 5) is 16.6. The molecule has 0 aliphatic carbocycles. The van der Waals surface area contributed by atoms with Crippen molar-refractivity contribution in [3.8, 4) is 0 Å². The van der Waals surface area contributed by atoms with Crippen LogP contribution in [0.3, 0.4) is 0 Å². The number of ether oxygens (including phenoxy) is 1. The number of fused-ring (bicyclic) bond motifs is 1. The fraction of sp³-hybridized carbons (Fsp3) is 0.750. The molecule has 1 amide bonds. The third-order valence-electron chi connectivity index (χ3n) is 4.88. The van der Waals surface area contributed by atoms with Crippen molar-refractivity contribution in [3.63, 3.8) is 0 Å². The lowest BCUT2D eigenvalue weighted by atomic mass is 9.78. The van der Waals surface area contributed by atoms with Crippen LogP contribution in [0.1, 0.15) is 18.4 Å². The molecular formula is C16H26N4O2. The summed E-state index contributed by atoms with van der Waals surface area (Å²) in [7, 11) is 5.64. The van der Waals surface area contributed by atoms with E-state index in [2.05, 4.69) is 16.2 Å². The van der Waals surface area contributed by atoms with Gasteiger partial charge in [0, 0.05) is 71.0 Å². The Morgan fingerprint density at radius 3 is 2.95 bits per heavy atom. The van der Waals surface area contributed by atoms with Gasteiger partial charge in [-0.2, -0.15) is 5.10 Å². The molecule has 0 unspecified atom stereocenters. The SMILES string of the molecule is CN(C)C(=O)[C@@H]1CCO[C@@H]2CCN(Cc3cnn(C)c3)C[C@@H]21. The first kappa shape index (κ1) is 15.5. The largest absolute Gasteiger partial charge is 0.378 e. The van der Waals surface area contributed by atoms with Gasteiger partial charge in [0.1, 0.15) is 0 Å². The van der Waals surface area contributed by atoms with Gasteiger partial charge in [-0.05, 0) is 12.8 Å². The van der Waals surface area contributed by atoms with Gasteiger partial charge in [-0.1, -0.05) is 0 Å². The van der Waals surface area contributed by atoms with Crippen molar-refractivity contribution in [1.29, 1.82) is 0 Å². The average Bonchev–Trinajstić information content (AvgIpc) is 2.91. The predicted molar refractivity (Wildman–Crippen MR) is 83.1 cm³/mol. The maximum Gasteiger partial charge on any atom is 0.225 e. The van der Waals surface area contributed by atoms with Crippen LogP contribution in [0.15, 0.2) is 12.4 Å². The Morgan fingerprint density at radius 2 is 2.27 bits per heavy atom. The number of carbonyl (C=O) groups is 1. The number of piperidine rings is 1. The Hall–Kier alpha value is -1.40. The molecule has 1 aromatic rings. The summed E-state index contributed by atoms with van der Waals surface area (Å²) in [6, 6.07) is 0. The summed E-state index contributed by atoms with van der Waals surface area (Å²) in [6.45, 7) is 3.58. The highest BCUT2D eigenvalue weighted by Crippen LogP contribution is 2.34. The molecule has 22 heavy (non-hydrogen) atoms. The zero-order valence-electron chi connectivity index (χ0n) is 13.7. The van der Waals surface area contributed by atoms with E-state index in [1.165, 1.54) is 5.56 Å². The van der Waals surface area contributed by atoms with Crippen LogP contribution in [0.4, 0.5) is 0 Å². The maximum absolute atomic E-state index is 12.5. The summed E-state index contributed by atoms with van der Waals surface area (Å²) in [6.07, 6.45) is 6.09. The number of aromatic nitrogens is 2. The van der Waals surface area contributed by atoms with Gasteiger partial charge in [0.05, 0.1) is 12.3 Å². The van der Waals surface area contributed by atoms with Gasteiger partial charge in [-0.25, -0.2) is 0 Å². The number of likely N-dealkylation sites (tertiary alicyclic amines) is 1. The Kier molecular flexibility index (Phi) is 4.49. The molecule has 6 nitrogen and oxygen atoms in total. The molecule has 3 atom stereocenters. The summed E-state index contributed by atoms with van der Waals surface area (Å²) in [5.41, 5.74) is 1.23. The number of aryl methyl sites for hydroxylation is 1. The lowest BCUT2D eigenvalue weighted by Gasteiger charge is -2.45. The Morgan fingerprint density at radius 1 is 1.45 bits per heavy atom. The molecule has 2 saturated heterocycles. The molecule has 6 heteroatoms. The van der Waals surface area contributed by atoms with Crippen LogP contribution < -0.4 is 0 Å². The molecule has 0 spiro atoms. The Bertz CT molecular complexity index is 528. The van der Waals surface area contributed by atoms with Crippen molar-refractivity contribution >= 4 is 5.91 Å². The quantitative estimate of drug-likeness (QED) is 0.826. The minimum Gasteiger partial charge on any atom is -0.378 e. The molecule has 3 heterocycles. The van der Waals surface area contributed by atoms with E-state index in [1.54, 1.807) is 4.90 Å². The lowest BCUT2D eigenvalue weighted by Crippen LogP contribution is -2.52. The highest BCUT2D eigenvalue weighted by molar-refractivity contribution is 5.78. The number of hydrogen-bond donors (Lipinski definition) is 0. The van der Waals surface area contributed by atoms with Gasteiger partial charge in [-0.3, -0.25) is 14.4 Å². The minimum absolute atomic E-state index is 0.102. The molecule has 2 fully saturated rings. The van der Waals surface area contributed by atoms with Crippen molar-refractivity contribution in [3.05, 3.63) is 18.0 Å². The van der Waals surface area contributed by atoms with Gasteiger partial charge in [-0.15, -0.1) is 0 Å². The van der Waals surface area contributed by atoms with E-state index in [-0.39, 0.29) is 17.9 Å². The third-order valence-corrected chi connectivity index (χ3v) is 4.88. The van der Waals surface area contributed by atoms with E-state index < -0.39 is 0 Å². The predicted octanol–water partition coefficient (Wildman–Crippen LogP) is 0.735. The standard InChI is InChI=1S/C16H26N4O2/c1-18(2)16(21)13-5-7-22-15-4-6-20(11-14(13)15)10-12-8-17-19(3)9-12/h8-9,13-15H,4-7,10-11H2,1-3H3/t13-,14-,15-/m1/s1. The second-order valence-electron chi connectivity index (χ2n) is 6.75. The van der Waals surface area contributed by atoms with Gasteiger partial charge in [0.25, 0.3) is 0 Å². The molecule has 0 radical (unpaired) electrons. The van der Waals surface area contributed by atoms with Crippen LogP contribution in [-0.2, 0) is 23.1 Å². The second kappa shape index (κ2) is 6.38. The zero-order valence-corrected chi connectivity index (χ0v) is 13.7. The molecule has 2 aliphatic heterocycles. The van der Waals surface area contributed by atoms with Crippen molar-refractivity contribution in [2.24, 2.45) is 18.9 Å². The minimum atomic E-state index is 0.102. The molecule has 0 saturated carbocycles. The number of amides is 1. The monoisotopic (exact) mass is 306 g/mol. The van der Waals surface area contributed by atoms with Gasteiger partial charge in [0.15, 0.2) is 0 Å². The normalized spacial score (nSPS) is 29.1. The molecule has 3 rings (SSSR count). The van der Waals surface area contributed by atoms with E-state index in [0.29, 0.717) is 12.5 Å². The van der Waals surface area contributed by atoms with Crippen LogP contribution in [0.5, 0.6) is 0 Å². The lowest BCUT2D eigenvalue weighted by molar-refractivity contribution is -0.149. The van der Waals surface area contributed by atoms with Gasteiger partial charge < -0.3 is 9.64 Å². The second-order valence-corrected chi connectivity index (χ2v) is 6.75. The first-order valence-electron chi connectivity index (χ1n) is 8.07. The summed E-state index contributed by atoms with van der Waals surface area (Å²) in [5.74, 6) is 0.668. The molecule has 122 valence electrons. The number of rotatable bonds is 3. The number of hydrogen-bond acceptors (Lipinski definition) is 4. The number of nitrogens with zero attached hydrogens (tertiary/aromatic N) is 4. The number of carbonyl (C=O) groups excluding carboxylic acids is 1. The smallest absolute Gasteiger partial charge is 0.225 e. The van der Waals surface area contributed by atoms with Crippen molar-refractivity contribution in [2.45, 2.75) is 25.5 Å². The van der Waals surface area contributed by atoms with E-state index >= 15 is 0 Å². The van der Waals surface area contributed by atoms with Crippen LogP contribution in [0.25, 0.3) is 0 Å². The maximum atomic E-state index is 12.5. The van der Waals surface area contributed by atoms with E-state index in [0.717, 1.165) is 32.5 Å². The first-order chi connectivity index (χ1) is 10.5. The first-order valence-corrected chi connectivity index (χ1v) is 8.07. The molecule has 2 aliphatic rings. The molecule has 0 N–H and O–H groups in total. The summed E-state index contributed by atoms with van der Waals surface area (Å²) in [5, 5.41) is 4.23. The summed E-state index contributed by atoms with van der Waals surface area (Å²) >= 11 is 0. The Balaban J connectivity index is 1.68. The zero-order chi connectivity index (χ0) is 15.7. The van der Waals surface area contributed by atoms with Crippen LogP contribution in [-0.4, -0.2) is 65.4 Å². The molecule has 0 aromatic carbocycles. The average molecular weight is 306 g/mol. The molecule has 0 bridgehead atoms. The van der Waals surface area contributed by atoms with E-state index in [1.807, 2.05) is 32.0 Å². The van der Waals surface area contributed by atoms with Gasteiger partial charge >= 0.3 is 0 Å². The van der Waals surface area contributed by atoms with Crippen molar-refractivity contribution in [2.75, 3.05) is 33.8 Å². The van der Waals surface area contributed by atoms with Gasteiger partial charge in [0.2, 0.25) is 5.91 Å².